The molecule has 0 saturated carbocycles. The van der Waals surface area contributed by atoms with Crippen molar-refractivity contribution in [3.05, 3.63) is 33.9 Å². The van der Waals surface area contributed by atoms with Crippen LogP contribution in [0.5, 0.6) is 5.75 Å². The van der Waals surface area contributed by atoms with E-state index in [0.717, 1.165) is 6.07 Å². The van der Waals surface area contributed by atoms with Crippen LogP contribution in [0.1, 0.15) is 12.0 Å². The number of halogens is 3. The van der Waals surface area contributed by atoms with Crippen LogP contribution in [-0.2, 0) is 11.0 Å². The fourth-order valence-corrected chi connectivity index (χ4v) is 1.40. The minimum absolute atomic E-state index is 0.0203. The van der Waals surface area contributed by atoms with E-state index >= 15 is 0 Å². The van der Waals surface area contributed by atoms with Crippen molar-refractivity contribution in [1.82, 2.24) is 0 Å². The minimum Gasteiger partial charge on any atom is -0.487 e. The second-order valence-corrected chi connectivity index (χ2v) is 4.08. The van der Waals surface area contributed by atoms with Gasteiger partial charge in [0, 0.05) is 12.5 Å². The molecule has 116 valence electrons. The lowest BCUT2D eigenvalue weighted by Crippen LogP contribution is -2.37. The van der Waals surface area contributed by atoms with E-state index in [9.17, 15) is 28.1 Å². The van der Waals surface area contributed by atoms with E-state index in [0.29, 0.717) is 12.1 Å². The molecular weight excluding hydrogens is 295 g/mol. The molecule has 4 N–H and O–H groups in total. The zero-order valence-corrected chi connectivity index (χ0v) is 10.6. The zero-order valence-electron chi connectivity index (χ0n) is 10.6. The van der Waals surface area contributed by atoms with Gasteiger partial charge in [0.25, 0.3) is 0 Å². The van der Waals surface area contributed by atoms with Crippen LogP contribution in [0.3, 0.4) is 0 Å². The van der Waals surface area contributed by atoms with Gasteiger partial charge < -0.3 is 16.2 Å². The Bertz CT molecular complexity index is 548. The number of nitrogens with zero attached hydrogens (tertiary/aromatic N) is 1. The number of rotatable bonds is 6. The van der Waals surface area contributed by atoms with Crippen molar-refractivity contribution in [2.45, 2.75) is 18.6 Å². The van der Waals surface area contributed by atoms with Crippen LogP contribution in [-0.4, -0.2) is 23.5 Å². The third-order valence-electron chi connectivity index (χ3n) is 2.53. The van der Waals surface area contributed by atoms with E-state index in [1.165, 1.54) is 0 Å². The third-order valence-corrected chi connectivity index (χ3v) is 2.53. The number of carbonyl (C=O) groups excluding carboxylic acids is 1. The monoisotopic (exact) mass is 307 g/mol. The highest BCUT2D eigenvalue weighted by Gasteiger charge is 2.33. The molecule has 0 radical (unpaired) electrons. The summed E-state index contributed by atoms with van der Waals surface area (Å²) in [4.78, 5) is 20.5. The normalized spacial score (nSPS) is 12.8. The van der Waals surface area contributed by atoms with Gasteiger partial charge in [-0.15, -0.1) is 0 Å². The molecule has 1 atom stereocenters. The van der Waals surface area contributed by atoms with Gasteiger partial charge in [0.1, 0.15) is 0 Å². The van der Waals surface area contributed by atoms with Crippen molar-refractivity contribution in [2.24, 2.45) is 11.5 Å². The summed E-state index contributed by atoms with van der Waals surface area (Å²) in [6.45, 7) is -0.198. The number of nitro groups is 1. The predicted octanol–water partition coefficient (Wildman–Crippen LogP) is 1.20. The fraction of sp³-hybridized carbons (Fsp3) is 0.364. The van der Waals surface area contributed by atoms with Crippen LogP contribution in [0.4, 0.5) is 18.9 Å². The van der Waals surface area contributed by atoms with E-state index < -0.39 is 34.3 Å². The van der Waals surface area contributed by atoms with Crippen molar-refractivity contribution >= 4 is 11.6 Å². The number of ether oxygens (including phenoxy) is 1. The minimum atomic E-state index is -4.70. The molecule has 0 aliphatic heterocycles. The summed E-state index contributed by atoms with van der Waals surface area (Å²) >= 11 is 0. The number of primary amides is 1. The Morgan fingerprint density at radius 1 is 1.43 bits per heavy atom. The molecule has 7 nitrogen and oxygen atoms in total. The van der Waals surface area contributed by atoms with Crippen LogP contribution in [0, 0.1) is 10.1 Å². The molecule has 0 spiro atoms. The highest BCUT2D eigenvalue weighted by atomic mass is 19.4. The van der Waals surface area contributed by atoms with E-state index in [1.54, 1.807) is 0 Å². The van der Waals surface area contributed by atoms with Gasteiger partial charge in [-0.2, -0.15) is 13.2 Å². The lowest BCUT2D eigenvalue weighted by molar-refractivity contribution is -0.386. The van der Waals surface area contributed by atoms with E-state index in [4.69, 9.17) is 16.2 Å². The molecule has 0 saturated heterocycles. The predicted molar refractivity (Wildman–Crippen MR) is 65.4 cm³/mol. The maximum absolute atomic E-state index is 12.5. The molecule has 0 bridgehead atoms. The van der Waals surface area contributed by atoms with Crippen molar-refractivity contribution in [3.63, 3.8) is 0 Å². The Morgan fingerprint density at radius 2 is 2.05 bits per heavy atom. The van der Waals surface area contributed by atoms with Crippen LogP contribution in [0.25, 0.3) is 0 Å². The summed E-state index contributed by atoms with van der Waals surface area (Å²) in [5.41, 5.74) is 8.25. The van der Waals surface area contributed by atoms with E-state index in [1.807, 2.05) is 0 Å². The van der Waals surface area contributed by atoms with Crippen LogP contribution in [0.2, 0.25) is 0 Å². The highest BCUT2D eigenvalue weighted by molar-refractivity contribution is 5.79. The molecule has 0 aromatic heterocycles. The number of hydrogen-bond donors (Lipinski definition) is 2. The Hall–Kier alpha value is -2.36. The van der Waals surface area contributed by atoms with E-state index in [-0.39, 0.29) is 18.8 Å². The molecule has 0 aliphatic rings. The van der Waals surface area contributed by atoms with Gasteiger partial charge in [-0.05, 0) is 12.1 Å². The number of benzene rings is 1. The molecule has 10 heteroatoms. The summed E-state index contributed by atoms with van der Waals surface area (Å²) in [6, 6.07) is 0.884. The molecule has 21 heavy (non-hydrogen) atoms. The van der Waals surface area contributed by atoms with Gasteiger partial charge in [-0.1, -0.05) is 0 Å². The average molecular weight is 307 g/mol. The number of nitro benzene ring substituents is 1. The maximum Gasteiger partial charge on any atom is 0.416 e. The Labute approximate surface area is 116 Å². The van der Waals surface area contributed by atoms with Gasteiger partial charge in [-0.3, -0.25) is 14.9 Å². The topological polar surface area (TPSA) is 121 Å². The Balaban J connectivity index is 2.88. The van der Waals surface area contributed by atoms with Crippen LogP contribution >= 0.6 is 0 Å². The zero-order chi connectivity index (χ0) is 16.2. The fourth-order valence-electron chi connectivity index (χ4n) is 1.40. The molecular formula is C11H12F3N3O4. The van der Waals surface area contributed by atoms with Gasteiger partial charge in [0.2, 0.25) is 5.91 Å². The second-order valence-electron chi connectivity index (χ2n) is 4.08. The first-order valence-corrected chi connectivity index (χ1v) is 5.66. The Morgan fingerprint density at radius 3 is 2.52 bits per heavy atom. The molecule has 1 rings (SSSR count). The van der Waals surface area contributed by atoms with Crippen molar-refractivity contribution in [1.29, 1.82) is 0 Å². The van der Waals surface area contributed by atoms with Crippen LogP contribution in [0.15, 0.2) is 18.2 Å². The summed E-state index contributed by atoms with van der Waals surface area (Å²) in [6.07, 6.45) is -4.72. The Kier molecular flexibility index (Phi) is 5.08. The van der Waals surface area contributed by atoms with Gasteiger partial charge in [0.05, 0.1) is 23.1 Å². The quantitative estimate of drug-likeness (QED) is 0.604. The number of nitrogens with two attached hydrogens (primary N) is 2. The molecule has 0 heterocycles. The van der Waals surface area contributed by atoms with Crippen molar-refractivity contribution < 1.29 is 27.6 Å². The molecule has 1 aromatic rings. The smallest absolute Gasteiger partial charge is 0.416 e. The third kappa shape index (κ3) is 4.60. The lowest BCUT2D eigenvalue weighted by atomic mass is 10.2. The highest BCUT2D eigenvalue weighted by Crippen LogP contribution is 2.36. The van der Waals surface area contributed by atoms with Crippen molar-refractivity contribution in [2.75, 3.05) is 6.61 Å². The summed E-state index contributed by atoms with van der Waals surface area (Å²) in [7, 11) is 0. The standard InChI is InChI=1S/C11H12F3N3O4/c12-11(13,14)6-1-2-9(8(5-6)17(19)20)21-4-3-7(15)10(16)18/h1-2,5,7H,3-4,15H2,(H2,16,18). The summed E-state index contributed by atoms with van der Waals surface area (Å²) in [5, 5.41) is 10.8. The number of carbonyl (C=O) groups is 1. The molecule has 0 aliphatic carbocycles. The van der Waals surface area contributed by atoms with Crippen molar-refractivity contribution in [3.8, 4) is 5.75 Å². The summed E-state index contributed by atoms with van der Waals surface area (Å²) in [5.74, 6) is -1.12. The molecule has 0 fully saturated rings. The lowest BCUT2D eigenvalue weighted by Gasteiger charge is -2.11. The number of hydrogen-bond acceptors (Lipinski definition) is 5. The first kappa shape index (κ1) is 16.7. The van der Waals surface area contributed by atoms with E-state index in [2.05, 4.69) is 0 Å². The maximum atomic E-state index is 12.5. The number of amides is 1. The molecule has 1 amide bonds. The first-order valence-electron chi connectivity index (χ1n) is 5.66. The average Bonchev–Trinajstić information content (AvgIpc) is 2.37. The molecule has 1 unspecified atom stereocenters. The first-order chi connectivity index (χ1) is 9.62. The van der Waals surface area contributed by atoms with Crippen LogP contribution < -0.4 is 16.2 Å². The SMILES string of the molecule is NC(=O)C(N)CCOc1ccc(C(F)(F)F)cc1[N+](=O)[O-]. The van der Waals surface area contributed by atoms with Gasteiger partial charge in [-0.25, -0.2) is 0 Å². The second kappa shape index (κ2) is 6.39. The van der Waals surface area contributed by atoms with Gasteiger partial charge >= 0.3 is 11.9 Å². The molecule has 1 aromatic carbocycles. The summed E-state index contributed by atoms with van der Waals surface area (Å²) < 4.78 is 42.4. The number of alkyl halides is 3. The van der Waals surface area contributed by atoms with Gasteiger partial charge in [0.15, 0.2) is 5.75 Å². The largest absolute Gasteiger partial charge is 0.487 e.